The van der Waals surface area contributed by atoms with E-state index in [-0.39, 0.29) is 11.9 Å². The van der Waals surface area contributed by atoms with Crippen molar-refractivity contribution >= 4 is 5.91 Å². The SMILES string of the molecule is COC1CC(N2CNC(CC(C)C)C2=O)C1. The van der Waals surface area contributed by atoms with Crippen molar-refractivity contribution in [2.45, 2.75) is 51.3 Å². The summed E-state index contributed by atoms with van der Waals surface area (Å²) in [6.45, 7) is 5.03. The second-order valence-electron chi connectivity index (χ2n) is 5.34. The number of rotatable bonds is 4. The predicted octanol–water partition coefficient (Wildman–Crippen LogP) is 0.968. The minimum Gasteiger partial charge on any atom is -0.381 e. The zero-order valence-corrected chi connectivity index (χ0v) is 10.4. The minimum atomic E-state index is 0.0431. The molecular formula is C12H22N2O2. The lowest BCUT2D eigenvalue weighted by atomic mass is 9.88. The Morgan fingerprint density at radius 3 is 2.75 bits per heavy atom. The van der Waals surface area contributed by atoms with Crippen LogP contribution in [0.1, 0.15) is 33.1 Å². The number of hydrogen-bond acceptors (Lipinski definition) is 3. The van der Waals surface area contributed by atoms with Gasteiger partial charge in [-0.3, -0.25) is 10.1 Å². The molecule has 2 rings (SSSR count). The smallest absolute Gasteiger partial charge is 0.241 e. The summed E-state index contributed by atoms with van der Waals surface area (Å²) in [4.78, 5) is 14.1. The lowest BCUT2D eigenvalue weighted by Gasteiger charge is -2.39. The van der Waals surface area contributed by atoms with Crippen molar-refractivity contribution in [2.75, 3.05) is 13.8 Å². The molecule has 1 saturated carbocycles. The van der Waals surface area contributed by atoms with Crippen LogP contribution in [-0.4, -0.2) is 42.8 Å². The van der Waals surface area contributed by atoms with E-state index in [1.165, 1.54) is 0 Å². The highest BCUT2D eigenvalue weighted by molar-refractivity contribution is 5.84. The van der Waals surface area contributed by atoms with Crippen LogP contribution >= 0.6 is 0 Å². The molecule has 0 bridgehead atoms. The third-order valence-electron chi connectivity index (χ3n) is 3.64. The van der Waals surface area contributed by atoms with E-state index < -0.39 is 0 Å². The molecule has 0 aromatic rings. The monoisotopic (exact) mass is 226 g/mol. The standard InChI is InChI=1S/C12H22N2O2/c1-8(2)4-11-12(15)14(7-13-11)9-5-10(6-9)16-3/h8-11,13H,4-7H2,1-3H3. The summed E-state index contributed by atoms with van der Waals surface area (Å²) in [6.07, 6.45) is 3.30. The van der Waals surface area contributed by atoms with Gasteiger partial charge in [-0.25, -0.2) is 0 Å². The van der Waals surface area contributed by atoms with Crippen LogP contribution in [0.3, 0.4) is 0 Å². The highest BCUT2D eigenvalue weighted by atomic mass is 16.5. The summed E-state index contributed by atoms with van der Waals surface area (Å²) in [5.41, 5.74) is 0. The molecule has 0 radical (unpaired) electrons. The van der Waals surface area contributed by atoms with Gasteiger partial charge in [0.25, 0.3) is 0 Å². The van der Waals surface area contributed by atoms with Crippen LogP contribution < -0.4 is 5.32 Å². The molecular weight excluding hydrogens is 204 g/mol. The fraction of sp³-hybridized carbons (Fsp3) is 0.917. The largest absolute Gasteiger partial charge is 0.381 e. The molecule has 2 fully saturated rings. The van der Waals surface area contributed by atoms with Gasteiger partial charge in [0.15, 0.2) is 0 Å². The molecule has 1 aliphatic heterocycles. The maximum absolute atomic E-state index is 12.1. The third kappa shape index (κ3) is 2.23. The number of amides is 1. The molecule has 1 heterocycles. The highest BCUT2D eigenvalue weighted by Gasteiger charge is 2.41. The molecule has 1 N–H and O–H groups in total. The van der Waals surface area contributed by atoms with Gasteiger partial charge in [-0.1, -0.05) is 13.8 Å². The number of methoxy groups -OCH3 is 1. The summed E-state index contributed by atoms with van der Waals surface area (Å²) < 4.78 is 5.24. The Labute approximate surface area is 97.3 Å². The Morgan fingerprint density at radius 2 is 2.19 bits per heavy atom. The van der Waals surface area contributed by atoms with Crippen LogP contribution in [0.15, 0.2) is 0 Å². The molecule has 16 heavy (non-hydrogen) atoms. The van der Waals surface area contributed by atoms with E-state index >= 15 is 0 Å². The van der Waals surface area contributed by atoms with Crippen LogP contribution in [0, 0.1) is 5.92 Å². The van der Waals surface area contributed by atoms with Gasteiger partial charge in [-0.15, -0.1) is 0 Å². The van der Waals surface area contributed by atoms with Crippen LogP contribution in [0.5, 0.6) is 0 Å². The zero-order valence-electron chi connectivity index (χ0n) is 10.4. The second kappa shape index (κ2) is 4.72. The topological polar surface area (TPSA) is 41.6 Å². The van der Waals surface area contributed by atoms with Gasteiger partial charge in [0.1, 0.15) is 0 Å². The summed E-state index contributed by atoms with van der Waals surface area (Å²) >= 11 is 0. The molecule has 1 unspecified atom stereocenters. The van der Waals surface area contributed by atoms with Crippen molar-refractivity contribution < 1.29 is 9.53 Å². The second-order valence-corrected chi connectivity index (χ2v) is 5.34. The number of nitrogens with zero attached hydrogens (tertiary/aromatic N) is 1. The molecule has 2 aliphatic rings. The van der Waals surface area contributed by atoms with Gasteiger partial charge in [0, 0.05) is 13.2 Å². The van der Waals surface area contributed by atoms with Gasteiger partial charge in [-0.2, -0.15) is 0 Å². The normalized spacial score (nSPS) is 34.6. The molecule has 4 nitrogen and oxygen atoms in total. The number of carbonyl (C=O) groups is 1. The fourth-order valence-electron chi connectivity index (χ4n) is 2.52. The van der Waals surface area contributed by atoms with Crippen LogP contribution in [0.25, 0.3) is 0 Å². The molecule has 1 atom stereocenters. The van der Waals surface area contributed by atoms with Crippen LogP contribution in [-0.2, 0) is 9.53 Å². The van der Waals surface area contributed by atoms with Crippen molar-refractivity contribution in [3.8, 4) is 0 Å². The van der Waals surface area contributed by atoms with Gasteiger partial charge in [0.05, 0.1) is 18.8 Å². The van der Waals surface area contributed by atoms with Gasteiger partial charge >= 0.3 is 0 Å². The molecule has 0 spiro atoms. The summed E-state index contributed by atoms with van der Waals surface area (Å²) in [7, 11) is 1.74. The Kier molecular flexibility index (Phi) is 3.50. The zero-order chi connectivity index (χ0) is 11.7. The molecule has 0 aromatic carbocycles. The number of carbonyl (C=O) groups excluding carboxylic acids is 1. The Morgan fingerprint density at radius 1 is 1.50 bits per heavy atom. The van der Waals surface area contributed by atoms with E-state index in [4.69, 9.17) is 4.74 Å². The van der Waals surface area contributed by atoms with E-state index in [0.29, 0.717) is 18.1 Å². The summed E-state index contributed by atoms with van der Waals surface area (Å²) in [5.74, 6) is 0.850. The molecule has 4 heteroatoms. The first kappa shape index (κ1) is 11.9. The Balaban J connectivity index is 1.83. The first-order chi connectivity index (χ1) is 7.61. The minimum absolute atomic E-state index is 0.0431. The molecule has 0 aromatic heterocycles. The summed E-state index contributed by atoms with van der Waals surface area (Å²) in [6, 6.07) is 0.448. The lowest BCUT2D eigenvalue weighted by Crippen LogP contribution is -2.49. The Hall–Kier alpha value is -0.610. The maximum atomic E-state index is 12.1. The quantitative estimate of drug-likeness (QED) is 0.776. The first-order valence-electron chi connectivity index (χ1n) is 6.18. The number of ether oxygens (including phenoxy) is 1. The highest BCUT2D eigenvalue weighted by Crippen LogP contribution is 2.30. The molecule has 1 amide bonds. The number of nitrogens with one attached hydrogen (secondary N) is 1. The predicted molar refractivity (Wildman–Crippen MR) is 61.9 cm³/mol. The van der Waals surface area contributed by atoms with E-state index in [1.807, 2.05) is 4.90 Å². The van der Waals surface area contributed by atoms with E-state index in [2.05, 4.69) is 19.2 Å². The van der Waals surface area contributed by atoms with Crippen molar-refractivity contribution in [1.82, 2.24) is 10.2 Å². The van der Waals surface area contributed by atoms with E-state index in [9.17, 15) is 4.79 Å². The molecule has 1 saturated heterocycles. The van der Waals surface area contributed by atoms with E-state index in [1.54, 1.807) is 7.11 Å². The fourth-order valence-corrected chi connectivity index (χ4v) is 2.52. The van der Waals surface area contributed by atoms with Crippen molar-refractivity contribution in [3.05, 3.63) is 0 Å². The van der Waals surface area contributed by atoms with Crippen LogP contribution in [0.2, 0.25) is 0 Å². The van der Waals surface area contributed by atoms with Crippen molar-refractivity contribution in [2.24, 2.45) is 5.92 Å². The van der Waals surface area contributed by atoms with Crippen molar-refractivity contribution in [1.29, 1.82) is 0 Å². The lowest BCUT2D eigenvalue weighted by molar-refractivity contribution is -0.135. The van der Waals surface area contributed by atoms with E-state index in [0.717, 1.165) is 25.9 Å². The average molecular weight is 226 g/mol. The maximum Gasteiger partial charge on any atom is 0.241 e. The van der Waals surface area contributed by atoms with Crippen LogP contribution in [0.4, 0.5) is 0 Å². The first-order valence-corrected chi connectivity index (χ1v) is 6.18. The summed E-state index contributed by atoms with van der Waals surface area (Å²) in [5, 5.41) is 3.31. The molecule has 1 aliphatic carbocycles. The molecule has 92 valence electrons. The average Bonchev–Trinajstić information content (AvgIpc) is 2.48. The number of hydrogen-bond donors (Lipinski definition) is 1. The van der Waals surface area contributed by atoms with Gasteiger partial charge in [-0.05, 0) is 25.2 Å². The van der Waals surface area contributed by atoms with Gasteiger partial charge < -0.3 is 9.64 Å². The van der Waals surface area contributed by atoms with Gasteiger partial charge in [0.2, 0.25) is 5.91 Å². The third-order valence-corrected chi connectivity index (χ3v) is 3.64. The van der Waals surface area contributed by atoms with Crippen molar-refractivity contribution in [3.63, 3.8) is 0 Å². The Bertz CT molecular complexity index is 262.